The first-order chi connectivity index (χ1) is 13.3. The lowest BCUT2D eigenvalue weighted by molar-refractivity contribution is 0.0984. The molecule has 0 unspecified atom stereocenters. The molecule has 142 valence electrons. The summed E-state index contributed by atoms with van der Waals surface area (Å²) in [5.74, 6) is -4.60. The van der Waals surface area contributed by atoms with Crippen molar-refractivity contribution in [3.63, 3.8) is 0 Å². The number of halogens is 4. The number of ketones is 1. The van der Waals surface area contributed by atoms with Crippen LogP contribution in [0, 0.1) is 17.5 Å². The highest BCUT2D eigenvalue weighted by atomic mass is 35.5. The standard InChI is InChI=1S/C19H11ClF3N3O2/c20-19-24-7-6-11(26-19)9-16(27)12-8-10(4-5-13(12)21)25-18(28)17-14(22)2-1-3-15(17)23/h1-8H,9H2,(H,25,28). The minimum absolute atomic E-state index is 0.00174. The number of Topliss-reactive ketones (excluding diaryl/α,β-unsaturated/α-hetero) is 1. The maximum Gasteiger partial charge on any atom is 0.261 e. The van der Waals surface area contributed by atoms with Crippen LogP contribution in [0.25, 0.3) is 0 Å². The molecule has 2 aromatic carbocycles. The van der Waals surface area contributed by atoms with Crippen LogP contribution in [0.5, 0.6) is 0 Å². The molecule has 3 rings (SSSR count). The average molecular weight is 406 g/mol. The van der Waals surface area contributed by atoms with E-state index in [1.54, 1.807) is 0 Å². The van der Waals surface area contributed by atoms with Crippen LogP contribution in [0.4, 0.5) is 18.9 Å². The number of rotatable bonds is 5. The summed E-state index contributed by atoms with van der Waals surface area (Å²) in [5, 5.41) is 2.19. The Morgan fingerprint density at radius 2 is 1.71 bits per heavy atom. The van der Waals surface area contributed by atoms with E-state index in [0.29, 0.717) is 0 Å². The Hall–Kier alpha value is -3.26. The Morgan fingerprint density at radius 3 is 2.39 bits per heavy atom. The zero-order valence-electron chi connectivity index (χ0n) is 14.0. The minimum atomic E-state index is -1.07. The summed E-state index contributed by atoms with van der Waals surface area (Å²) in [6, 6.07) is 7.66. The van der Waals surface area contributed by atoms with Crippen molar-refractivity contribution < 1.29 is 22.8 Å². The van der Waals surface area contributed by atoms with Gasteiger partial charge in [0.2, 0.25) is 5.28 Å². The van der Waals surface area contributed by atoms with Gasteiger partial charge in [-0.05, 0) is 48.0 Å². The summed E-state index contributed by atoms with van der Waals surface area (Å²) in [6.07, 6.45) is 1.10. The third-order valence-corrected chi connectivity index (χ3v) is 3.92. The maximum atomic E-state index is 14.1. The summed E-state index contributed by atoms with van der Waals surface area (Å²) < 4.78 is 41.5. The van der Waals surface area contributed by atoms with E-state index in [1.807, 2.05) is 0 Å². The van der Waals surface area contributed by atoms with Gasteiger partial charge in [-0.15, -0.1) is 0 Å². The predicted molar refractivity (Wildman–Crippen MR) is 95.8 cm³/mol. The van der Waals surface area contributed by atoms with Crippen molar-refractivity contribution in [2.45, 2.75) is 6.42 Å². The van der Waals surface area contributed by atoms with E-state index in [2.05, 4.69) is 15.3 Å². The van der Waals surface area contributed by atoms with Gasteiger partial charge in [-0.1, -0.05) is 6.07 Å². The Labute approximate surface area is 162 Å². The summed E-state index contributed by atoms with van der Waals surface area (Å²) in [6.45, 7) is 0. The molecule has 0 aliphatic heterocycles. The zero-order chi connectivity index (χ0) is 20.3. The number of nitrogens with one attached hydrogen (secondary N) is 1. The van der Waals surface area contributed by atoms with Gasteiger partial charge in [0.1, 0.15) is 23.0 Å². The van der Waals surface area contributed by atoms with Crippen molar-refractivity contribution in [3.05, 3.63) is 88.2 Å². The van der Waals surface area contributed by atoms with Gasteiger partial charge < -0.3 is 5.32 Å². The van der Waals surface area contributed by atoms with Gasteiger partial charge in [0.25, 0.3) is 5.91 Å². The molecule has 1 aromatic heterocycles. The molecule has 3 aromatic rings. The third kappa shape index (κ3) is 4.34. The van der Waals surface area contributed by atoms with E-state index in [9.17, 15) is 22.8 Å². The van der Waals surface area contributed by atoms with Crippen LogP contribution >= 0.6 is 11.6 Å². The van der Waals surface area contributed by atoms with Crippen molar-refractivity contribution in [2.24, 2.45) is 0 Å². The zero-order valence-corrected chi connectivity index (χ0v) is 14.8. The fourth-order valence-corrected chi connectivity index (χ4v) is 2.62. The molecule has 0 radical (unpaired) electrons. The molecule has 0 bridgehead atoms. The van der Waals surface area contributed by atoms with Gasteiger partial charge in [0.15, 0.2) is 5.78 Å². The molecule has 0 saturated carbocycles. The molecule has 0 atom stereocenters. The third-order valence-electron chi connectivity index (χ3n) is 3.74. The van der Waals surface area contributed by atoms with Crippen LogP contribution in [0.2, 0.25) is 5.28 Å². The van der Waals surface area contributed by atoms with Crippen molar-refractivity contribution in [1.82, 2.24) is 9.97 Å². The first-order valence-electron chi connectivity index (χ1n) is 7.90. The monoisotopic (exact) mass is 405 g/mol. The number of carbonyl (C=O) groups is 2. The molecule has 0 fully saturated rings. The number of anilines is 1. The normalized spacial score (nSPS) is 10.6. The van der Waals surface area contributed by atoms with Crippen molar-refractivity contribution in [1.29, 1.82) is 0 Å². The second kappa shape index (κ2) is 8.18. The summed E-state index contributed by atoms with van der Waals surface area (Å²) >= 11 is 5.66. The molecular formula is C19H11ClF3N3O2. The number of carbonyl (C=O) groups excluding carboxylic acids is 2. The molecule has 28 heavy (non-hydrogen) atoms. The summed E-state index contributed by atoms with van der Waals surface area (Å²) in [7, 11) is 0. The van der Waals surface area contributed by atoms with Gasteiger partial charge in [0, 0.05) is 11.9 Å². The second-order valence-electron chi connectivity index (χ2n) is 5.66. The molecule has 0 aliphatic carbocycles. The summed E-state index contributed by atoms with van der Waals surface area (Å²) in [4.78, 5) is 32.1. The number of hydrogen-bond donors (Lipinski definition) is 1. The van der Waals surface area contributed by atoms with E-state index in [1.165, 1.54) is 18.3 Å². The van der Waals surface area contributed by atoms with E-state index < -0.39 is 34.7 Å². The van der Waals surface area contributed by atoms with Gasteiger partial charge in [-0.3, -0.25) is 9.59 Å². The Bertz CT molecular complexity index is 1060. The Kier molecular flexibility index (Phi) is 5.70. The molecule has 0 aliphatic rings. The molecular weight excluding hydrogens is 395 g/mol. The number of hydrogen-bond acceptors (Lipinski definition) is 4. The largest absolute Gasteiger partial charge is 0.322 e. The first-order valence-corrected chi connectivity index (χ1v) is 8.28. The van der Waals surface area contributed by atoms with Crippen molar-refractivity contribution in [2.75, 3.05) is 5.32 Å². The van der Waals surface area contributed by atoms with Crippen LogP contribution in [-0.4, -0.2) is 21.7 Å². The van der Waals surface area contributed by atoms with E-state index in [0.717, 1.165) is 30.3 Å². The average Bonchev–Trinajstić information content (AvgIpc) is 2.63. The minimum Gasteiger partial charge on any atom is -0.322 e. The smallest absolute Gasteiger partial charge is 0.261 e. The number of nitrogens with zero attached hydrogens (tertiary/aromatic N) is 2. The lowest BCUT2D eigenvalue weighted by atomic mass is 10.0. The van der Waals surface area contributed by atoms with Crippen LogP contribution < -0.4 is 5.32 Å². The molecule has 9 heteroatoms. The molecule has 1 heterocycles. The molecule has 0 saturated heterocycles. The highest BCUT2D eigenvalue weighted by Crippen LogP contribution is 2.19. The molecule has 5 nitrogen and oxygen atoms in total. The van der Waals surface area contributed by atoms with Gasteiger partial charge in [0.05, 0.1) is 17.7 Å². The molecule has 1 N–H and O–H groups in total. The van der Waals surface area contributed by atoms with Gasteiger partial charge in [-0.25, -0.2) is 23.1 Å². The number of amides is 1. The Morgan fingerprint density at radius 1 is 1.00 bits per heavy atom. The fourth-order valence-electron chi connectivity index (χ4n) is 2.45. The quantitative estimate of drug-likeness (QED) is 0.509. The highest BCUT2D eigenvalue weighted by Gasteiger charge is 2.19. The highest BCUT2D eigenvalue weighted by molar-refractivity contribution is 6.28. The number of benzene rings is 2. The van der Waals surface area contributed by atoms with Gasteiger partial charge >= 0.3 is 0 Å². The molecule has 1 amide bonds. The van der Waals surface area contributed by atoms with Crippen LogP contribution in [0.3, 0.4) is 0 Å². The molecule has 0 spiro atoms. The van der Waals surface area contributed by atoms with Crippen molar-refractivity contribution in [3.8, 4) is 0 Å². The lowest BCUT2D eigenvalue weighted by Crippen LogP contribution is -2.16. The first kappa shape index (κ1) is 19.5. The van der Waals surface area contributed by atoms with Gasteiger partial charge in [-0.2, -0.15) is 0 Å². The Balaban J connectivity index is 1.83. The lowest BCUT2D eigenvalue weighted by Gasteiger charge is -2.09. The predicted octanol–water partition coefficient (Wildman–Crippen LogP) is 4.23. The second-order valence-corrected chi connectivity index (χ2v) is 6.00. The van der Waals surface area contributed by atoms with Crippen LogP contribution in [0.1, 0.15) is 26.4 Å². The van der Waals surface area contributed by atoms with E-state index in [4.69, 9.17) is 11.6 Å². The SMILES string of the molecule is O=C(Cc1ccnc(Cl)n1)c1cc(NC(=O)c2c(F)cccc2F)ccc1F. The summed E-state index contributed by atoms with van der Waals surface area (Å²) in [5.41, 5.74) is -0.817. The van der Waals surface area contributed by atoms with Crippen molar-refractivity contribution >= 4 is 29.0 Å². The van der Waals surface area contributed by atoms with E-state index in [-0.39, 0.29) is 28.6 Å². The van der Waals surface area contributed by atoms with Crippen LogP contribution in [0.15, 0.2) is 48.7 Å². The maximum absolute atomic E-state index is 14.1. The topological polar surface area (TPSA) is 72.0 Å². The van der Waals surface area contributed by atoms with E-state index >= 15 is 0 Å². The number of aromatic nitrogens is 2. The fraction of sp³-hybridized carbons (Fsp3) is 0.0526. The van der Waals surface area contributed by atoms with Crippen LogP contribution in [-0.2, 0) is 6.42 Å².